The zero-order chi connectivity index (χ0) is 18.8. The van der Waals surface area contributed by atoms with E-state index in [4.69, 9.17) is 16.3 Å². The Labute approximate surface area is 162 Å². The molecule has 0 atom stereocenters. The van der Waals surface area contributed by atoms with Gasteiger partial charge in [0.25, 0.3) is 0 Å². The van der Waals surface area contributed by atoms with Crippen molar-refractivity contribution in [3.05, 3.63) is 95.4 Å². The minimum Gasteiger partial charge on any atom is -0.550 e. The van der Waals surface area contributed by atoms with Crippen molar-refractivity contribution in [3.8, 4) is 5.75 Å². The predicted molar refractivity (Wildman–Crippen MR) is 110 cm³/mol. The van der Waals surface area contributed by atoms with Crippen LogP contribution in [0.15, 0.2) is 79.0 Å². The fourth-order valence-electron chi connectivity index (χ4n) is 3.14. The number of para-hydroxylation sites is 1. The van der Waals surface area contributed by atoms with E-state index in [2.05, 4.69) is 4.98 Å². The second kappa shape index (κ2) is 7.41. The van der Waals surface area contributed by atoms with Gasteiger partial charge in [-0.1, -0.05) is 48.0 Å². The van der Waals surface area contributed by atoms with Gasteiger partial charge in [-0.15, -0.1) is 0 Å². The molecule has 2 nitrogen and oxygen atoms in total. The molecular weight excluding hydrogens is 360 g/mol. The fourth-order valence-corrected chi connectivity index (χ4v) is 3.27. The number of aromatic nitrogens is 1. The van der Waals surface area contributed by atoms with Gasteiger partial charge in [0.15, 0.2) is 0 Å². The monoisotopic (exact) mass is 375 g/mol. The number of hydrogen-bond acceptors (Lipinski definition) is 2. The number of aryl methyl sites for hydroxylation is 1. The highest BCUT2D eigenvalue weighted by Crippen LogP contribution is 2.26. The lowest BCUT2D eigenvalue weighted by Crippen LogP contribution is -2.47. The summed E-state index contributed by atoms with van der Waals surface area (Å²) in [6.07, 6.45) is 1.77. The zero-order valence-corrected chi connectivity index (χ0v) is 15.5. The number of nitrogens with zero attached hydrogens (tertiary/aromatic N) is 1. The summed E-state index contributed by atoms with van der Waals surface area (Å²) in [5, 5.41) is 1.67. The van der Waals surface area contributed by atoms with E-state index in [1.54, 1.807) is 24.4 Å². The normalized spacial score (nSPS) is 10.8. The van der Waals surface area contributed by atoms with Crippen LogP contribution in [0.2, 0.25) is 5.02 Å². The standard InChI is InChI=1S/C22H16BClFNO/c1-15-12-13-26-22-20(15)6-3-7-21(22)27-23(16-8-10-18(24)11-9-16)17-4-2-5-19(25)14-17/h2-14H,1H3. The Kier molecular flexibility index (Phi) is 4.82. The summed E-state index contributed by atoms with van der Waals surface area (Å²) in [4.78, 5) is 4.49. The third-order valence-electron chi connectivity index (χ3n) is 4.52. The van der Waals surface area contributed by atoms with Crippen molar-refractivity contribution in [3.63, 3.8) is 0 Å². The van der Waals surface area contributed by atoms with Crippen LogP contribution in [-0.2, 0) is 0 Å². The van der Waals surface area contributed by atoms with Gasteiger partial charge in [-0.05, 0) is 59.8 Å². The largest absolute Gasteiger partial charge is 0.550 e. The van der Waals surface area contributed by atoms with Gasteiger partial charge >= 0.3 is 6.92 Å². The number of pyridine rings is 1. The molecule has 1 heterocycles. The molecule has 0 aliphatic carbocycles. The van der Waals surface area contributed by atoms with Gasteiger partial charge in [0.05, 0.1) is 0 Å². The van der Waals surface area contributed by atoms with E-state index in [9.17, 15) is 4.39 Å². The maximum Gasteiger partial charge on any atom is 0.426 e. The molecule has 0 fully saturated rings. The number of benzene rings is 3. The van der Waals surface area contributed by atoms with Crippen molar-refractivity contribution in [2.45, 2.75) is 6.92 Å². The minimum atomic E-state index is -0.481. The Morgan fingerprint density at radius 1 is 0.926 bits per heavy atom. The molecule has 0 bridgehead atoms. The molecule has 132 valence electrons. The lowest BCUT2D eigenvalue weighted by molar-refractivity contribution is 0.595. The molecule has 0 N–H and O–H groups in total. The molecule has 3 aromatic carbocycles. The summed E-state index contributed by atoms with van der Waals surface area (Å²) in [6, 6.07) is 21.6. The van der Waals surface area contributed by atoms with Crippen LogP contribution in [0.25, 0.3) is 10.9 Å². The van der Waals surface area contributed by atoms with Gasteiger partial charge in [0, 0.05) is 16.6 Å². The van der Waals surface area contributed by atoms with E-state index < -0.39 is 6.92 Å². The van der Waals surface area contributed by atoms with E-state index in [-0.39, 0.29) is 5.82 Å². The smallest absolute Gasteiger partial charge is 0.426 e. The predicted octanol–water partition coefficient (Wildman–Crippen LogP) is 4.52. The van der Waals surface area contributed by atoms with Crippen LogP contribution in [0.3, 0.4) is 0 Å². The molecule has 0 radical (unpaired) electrons. The van der Waals surface area contributed by atoms with E-state index in [1.807, 2.05) is 49.4 Å². The summed E-state index contributed by atoms with van der Waals surface area (Å²) < 4.78 is 20.2. The Hall–Kier alpha value is -2.85. The summed E-state index contributed by atoms with van der Waals surface area (Å²) in [5.41, 5.74) is 3.52. The van der Waals surface area contributed by atoms with Crippen molar-refractivity contribution < 1.29 is 9.04 Å². The van der Waals surface area contributed by atoms with Crippen molar-refractivity contribution >= 4 is 40.3 Å². The molecule has 0 unspecified atom stereocenters. The van der Waals surface area contributed by atoms with E-state index in [0.717, 1.165) is 27.4 Å². The molecule has 4 aromatic rings. The van der Waals surface area contributed by atoms with Crippen LogP contribution in [0.5, 0.6) is 5.75 Å². The van der Waals surface area contributed by atoms with Crippen LogP contribution in [0.4, 0.5) is 4.39 Å². The van der Waals surface area contributed by atoms with E-state index in [1.165, 1.54) is 12.1 Å². The second-order valence-corrected chi connectivity index (χ2v) is 6.82. The summed E-state index contributed by atoms with van der Waals surface area (Å²) >= 11 is 6.03. The van der Waals surface area contributed by atoms with Crippen molar-refractivity contribution in [2.75, 3.05) is 0 Å². The highest BCUT2D eigenvalue weighted by Gasteiger charge is 2.25. The first-order chi connectivity index (χ1) is 13.1. The van der Waals surface area contributed by atoms with Crippen LogP contribution in [-0.4, -0.2) is 11.9 Å². The average molecular weight is 376 g/mol. The van der Waals surface area contributed by atoms with Gasteiger partial charge in [-0.2, -0.15) is 0 Å². The molecule has 0 spiro atoms. The number of hydrogen-bond donors (Lipinski definition) is 0. The molecule has 0 saturated heterocycles. The fraction of sp³-hybridized carbons (Fsp3) is 0.0455. The lowest BCUT2D eigenvalue weighted by atomic mass is 9.55. The summed E-state index contributed by atoms with van der Waals surface area (Å²) in [7, 11) is 0. The third kappa shape index (κ3) is 3.67. The Morgan fingerprint density at radius 2 is 1.70 bits per heavy atom. The van der Waals surface area contributed by atoms with Crippen LogP contribution < -0.4 is 15.6 Å². The van der Waals surface area contributed by atoms with Crippen molar-refractivity contribution in [2.24, 2.45) is 0 Å². The molecule has 0 aliphatic rings. The maximum absolute atomic E-state index is 13.9. The van der Waals surface area contributed by atoms with Crippen molar-refractivity contribution in [1.82, 2.24) is 4.98 Å². The summed E-state index contributed by atoms with van der Waals surface area (Å²) in [5.74, 6) is 0.349. The van der Waals surface area contributed by atoms with E-state index >= 15 is 0 Å². The molecular formula is C22H16BClFNO. The van der Waals surface area contributed by atoms with Gasteiger partial charge in [0.2, 0.25) is 0 Å². The highest BCUT2D eigenvalue weighted by atomic mass is 35.5. The van der Waals surface area contributed by atoms with Crippen LogP contribution >= 0.6 is 11.6 Å². The first-order valence-corrected chi connectivity index (χ1v) is 9.01. The number of halogens is 2. The van der Waals surface area contributed by atoms with Gasteiger partial charge in [0.1, 0.15) is 17.1 Å². The first-order valence-electron chi connectivity index (χ1n) is 8.64. The van der Waals surface area contributed by atoms with Gasteiger partial charge in [-0.3, -0.25) is 4.98 Å². The highest BCUT2D eigenvalue weighted by molar-refractivity contribution is 6.80. The van der Waals surface area contributed by atoms with Gasteiger partial charge in [-0.25, -0.2) is 4.39 Å². The third-order valence-corrected chi connectivity index (χ3v) is 4.77. The Morgan fingerprint density at radius 3 is 2.48 bits per heavy atom. The zero-order valence-electron chi connectivity index (χ0n) is 14.7. The lowest BCUT2D eigenvalue weighted by Gasteiger charge is -2.18. The molecule has 27 heavy (non-hydrogen) atoms. The Balaban J connectivity index is 1.83. The van der Waals surface area contributed by atoms with Crippen LogP contribution in [0, 0.1) is 12.7 Å². The van der Waals surface area contributed by atoms with Crippen LogP contribution in [0.1, 0.15) is 5.56 Å². The average Bonchev–Trinajstić information content (AvgIpc) is 2.67. The molecule has 0 amide bonds. The molecule has 4 rings (SSSR count). The maximum atomic E-state index is 13.9. The Bertz CT molecular complexity index is 1100. The second-order valence-electron chi connectivity index (χ2n) is 6.38. The quantitative estimate of drug-likeness (QED) is 0.489. The first kappa shape index (κ1) is 17.6. The number of rotatable bonds is 4. The molecule has 1 aromatic heterocycles. The summed E-state index contributed by atoms with van der Waals surface area (Å²) in [6.45, 7) is 1.56. The SMILES string of the molecule is Cc1ccnc2c(OB(c3ccc(Cl)cc3)c3cccc(F)c3)cccc12. The molecule has 5 heteroatoms. The van der Waals surface area contributed by atoms with Gasteiger partial charge < -0.3 is 4.65 Å². The molecule has 0 aliphatic heterocycles. The van der Waals surface area contributed by atoms with Crippen molar-refractivity contribution in [1.29, 1.82) is 0 Å². The number of fused-ring (bicyclic) bond motifs is 1. The minimum absolute atomic E-state index is 0.304. The van der Waals surface area contributed by atoms with E-state index in [0.29, 0.717) is 10.8 Å². The molecule has 0 saturated carbocycles. The topological polar surface area (TPSA) is 22.1 Å².